The van der Waals surface area contributed by atoms with Gasteiger partial charge < -0.3 is 10.5 Å². The Hall–Kier alpha value is -1.51. The molecule has 2 rings (SSSR count). The molecule has 0 bridgehead atoms. The molecule has 0 amide bonds. The van der Waals surface area contributed by atoms with E-state index in [1.807, 2.05) is 30.3 Å². The Kier molecular flexibility index (Phi) is 5.05. The molecule has 0 aliphatic heterocycles. The molecule has 20 heavy (non-hydrogen) atoms. The number of hydrogen-bond donors (Lipinski definition) is 1. The maximum Gasteiger partial charge on any atom is 0.122 e. The predicted molar refractivity (Wildman–Crippen MR) is 84.7 cm³/mol. The summed E-state index contributed by atoms with van der Waals surface area (Å²) in [4.78, 5) is 0. The van der Waals surface area contributed by atoms with Crippen molar-refractivity contribution in [2.24, 2.45) is 5.73 Å². The second-order valence-electron chi connectivity index (χ2n) is 4.97. The quantitative estimate of drug-likeness (QED) is 0.905. The smallest absolute Gasteiger partial charge is 0.122 e. The summed E-state index contributed by atoms with van der Waals surface area (Å²) in [6, 6.07) is 14.1. The average molecular weight is 290 g/mol. The van der Waals surface area contributed by atoms with Gasteiger partial charge in [0, 0.05) is 10.9 Å². The minimum Gasteiger partial charge on any atom is -0.496 e. The van der Waals surface area contributed by atoms with E-state index < -0.39 is 0 Å². The molecule has 1 atom stereocenters. The van der Waals surface area contributed by atoms with Crippen molar-refractivity contribution in [3.63, 3.8) is 0 Å². The van der Waals surface area contributed by atoms with Crippen LogP contribution in [0.5, 0.6) is 5.75 Å². The third-order valence-electron chi connectivity index (χ3n) is 3.53. The van der Waals surface area contributed by atoms with Crippen molar-refractivity contribution in [3.8, 4) is 5.75 Å². The Bertz CT molecular complexity index is 583. The fourth-order valence-corrected chi connectivity index (χ4v) is 2.75. The number of nitrogens with two attached hydrogens (primary N) is 1. The van der Waals surface area contributed by atoms with E-state index in [-0.39, 0.29) is 5.92 Å². The SMILES string of the molecule is COc1ccc(C)cc1CC(CN)c1ccccc1Cl. The molecule has 0 aliphatic carbocycles. The number of halogens is 1. The van der Waals surface area contributed by atoms with Gasteiger partial charge in [-0.15, -0.1) is 0 Å². The van der Waals surface area contributed by atoms with Crippen molar-refractivity contribution in [1.82, 2.24) is 0 Å². The largest absolute Gasteiger partial charge is 0.496 e. The molecule has 0 radical (unpaired) electrons. The maximum atomic E-state index is 6.28. The van der Waals surface area contributed by atoms with Crippen LogP contribution in [0.15, 0.2) is 42.5 Å². The van der Waals surface area contributed by atoms with E-state index >= 15 is 0 Å². The van der Waals surface area contributed by atoms with Crippen LogP contribution in [0.4, 0.5) is 0 Å². The highest BCUT2D eigenvalue weighted by molar-refractivity contribution is 6.31. The van der Waals surface area contributed by atoms with Gasteiger partial charge in [0.05, 0.1) is 7.11 Å². The van der Waals surface area contributed by atoms with E-state index in [4.69, 9.17) is 22.1 Å². The topological polar surface area (TPSA) is 35.2 Å². The molecule has 0 aromatic heterocycles. The average Bonchev–Trinajstić information content (AvgIpc) is 2.46. The monoisotopic (exact) mass is 289 g/mol. The van der Waals surface area contributed by atoms with Crippen LogP contribution in [0.25, 0.3) is 0 Å². The molecule has 0 heterocycles. The molecule has 2 N–H and O–H groups in total. The van der Waals surface area contributed by atoms with Crippen molar-refractivity contribution >= 4 is 11.6 Å². The molecule has 0 aliphatic rings. The van der Waals surface area contributed by atoms with Gasteiger partial charge in [0.25, 0.3) is 0 Å². The third-order valence-corrected chi connectivity index (χ3v) is 3.88. The molecule has 3 heteroatoms. The van der Waals surface area contributed by atoms with Crippen LogP contribution in [0, 0.1) is 6.92 Å². The van der Waals surface area contributed by atoms with Crippen molar-refractivity contribution in [1.29, 1.82) is 0 Å². The van der Waals surface area contributed by atoms with E-state index in [0.717, 1.165) is 22.8 Å². The first-order valence-corrected chi connectivity index (χ1v) is 7.11. The van der Waals surface area contributed by atoms with Gasteiger partial charge in [-0.1, -0.05) is 47.5 Å². The third kappa shape index (κ3) is 3.33. The first-order valence-electron chi connectivity index (χ1n) is 6.73. The first kappa shape index (κ1) is 14.9. The highest BCUT2D eigenvalue weighted by Crippen LogP contribution is 2.30. The summed E-state index contributed by atoms with van der Waals surface area (Å²) < 4.78 is 5.44. The number of methoxy groups -OCH3 is 1. The zero-order chi connectivity index (χ0) is 14.5. The number of aryl methyl sites for hydroxylation is 1. The highest BCUT2D eigenvalue weighted by atomic mass is 35.5. The lowest BCUT2D eigenvalue weighted by Gasteiger charge is -2.18. The minimum atomic E-state index is 0.194. The lowest BCUT2D eigenvalue weighted by atomic mass is 9.91. The zero-order valence-electron chi connectivity index (χ0n) is 11.9. The van der Waals surface area contributed by atoms with Gasteiger partial charge >= 0.3 is 0 Å². The predicted octanol–water partition coefficient (Wildman–Crippen LogP) is 3.94. The highest BCUT2D eigenvalue weighted by Gasteiger charge is 2.16. The van der Waals surface area contributed by atoms with Crippen molar-refractivity contribution < 1.29 is 4.74 Å². The summed E-state index contributed by atoms with van der Waals surface area (Å²) in [5, 5.41) is 0.773. The van der Waals surface area contributed by atoms with Crippen molar-refractivity contribution in [2.45, 2.75) is 19.3 Å². The second-order valence-corrected chi connectivity index (χ2v) is 5.38. The Morgan fingerprint density at radius 1 is 1.20 bits per heavy atom. The van der Waals surface area contributed by atoms with Crippen molar-refractivity contribution in [2.75, 3.05) is 13.7 Å². The Labute approximate surface area is 125 Å². The second kappa shape index (κ2) is 6.78. The molecular formula is C17H20ClNO. The maximum absolute atomic E-state index is 6.28. The molecule has 0 spiro atoms. The molecule has 2 aromatic carbocycles. The van der Waals surface area contributed by atoms with Gasteiger partial charge in [-0.2, -0.15) is 0 Å². The van der Waals surface area contributed by atoms with Crippen LogP contribution >= 0.6 is 11.6 Å². The van der Waals surface area contributed by atoms with E-state index in [0.29, 0.717) is 6.54 Å². The van der Waals surface area contributed by atoms with Crippen LogP contribution in [0.2, 0.25) is 5.02 Å². The van der Waals surface area contributed by atoms with E-state index in [1.54, 1.807) is 7.11 Å². The molecule has 0 fully saturated rings. The van der Waals surface area contributed by atoms with Crippen LogP contribution in [0.1, 0.15) is 22.6 Å². The number of rotatable bonds is 5. The van der Waals surface area contributed by atoms with Crippen LogP contribution in [0.3, 0.4) is 0 Å². The summed E-state index contributed by atoms with van der Waals surface area (Å²) in [6.45, 7) is 2.64. The summed E-state index contributed by atoms with van der Waals surface area (Å²) >= 11 is 6.28. The fraction of sp³-hybridized carbons (Fsp3) is 0.294. The fourth-order valence-electron chi connectivity index (χ4n) is 2.46. The standard InChI is InChI=1S/C17H20ClNO/c1-12-7-8-17(20-2)13(9-12)10-14(11-19)15-5-3-4-6-16(15)18/h3-9,14H,10-11,19H2,1-2H3. The number of ether oxygens (including phenoxy) is 1. The van der Waals surface area contributed by atoms with Gasteiger partial charge in [-0.05, 0) is 43.1 Å². The van der Waals surface area contributed by atoms with Gasteiger partial charge in [0.2, 0.25) is 0 Å². The summed E-state index contributed by atoms with van der Waals surface area (Å²) in [7, 11) is 1.70. The van der Waals surface area contributed by atoms with E-state index in [2.05, 4.69) is 19.1 Å². The molecule has 0 saturated heterocycles. The molecule has 2 nitrogen and oxygen atoms in total. The summed E-state index contributed by atoms with van der Waals surface area (Å²) in [6.07, 6.45) is 0.824. The number of benzene rings is 2. The van der Waals surface area contributed by atoms with Crippen molar-refractivity contribution in [3.05, 3.63) is 64.2 Å². The van der Waals surface area contributed by atoms with E-state index in [9.17, 15) is 0 Å². The van der Waals surface area contributed by atoms with Crippen LogP contribution in [-0.2, 0) is 6.42 Å². The molecule has 106 valence electrons. The summed E-state index contributed by atoms with van der Waals surface area (Å²) in [5.74, 6) is 1.10. The molecule has 0 saturated carbocycles. The summed E-state index contributed by atoms with van der Waals surface area (Å²) in [5.41, 5.74) is 9.44. The first-order chi connectivity index (χ1) is 9.65. The lowest BCUT2D eigenvalue weighted by molar-refractivity contribution is 0.408. The number of hydrogen-bond acceptors (Lipinski definition) is 2. The Morgan fingerprint density at radius 2 is 1.95 bits per heavy atom. The molecule has 2 aromatic rings. The Morgan fingerprint density at radius 3 is 2.60 bits per heavy atom. The van der Waals surface area contributed by atoms with Crippen LogP contribution in [-0.4, -0.2) is 13.7 Å². The van der Waals surface area contributed by atoms with Crippen LogP contribution < -0.4 is 10.5 Å². The van der Waals surface area contributed by atoms with Gasteiger partial charge in [-0.3, -0.25) is 0 Å². The Balaban J connectivity index is 2.31. The van der Waals surface area contributed by atoms with Gasteiger partial charge in [0.15, 0.2) is 0 Å². The van der Waals surface area contributed by atoms with E-state index in [1.165, 1.54) is 11.1 Å². The molecular weight excluding hydrogens is 270 g/mol. The van der Waals surface area contributed by atoms with Gasteiger partial charge in [0.1, 0.15) is 5.75 Å². The lowest BCUT2D eigenvalue weighted by Crippen LogP contribution is -2.16. The normalized spacial score (nSPS) is 12.2. The molecule has 1 unspecified atom stereocenters. The zero-order valence-corrected chi connectivity index (χ0v) is 12.7. The minimum absolute atomic E-state index is 0.194. The van der Waals surface area contributed by atoms with Gasteiger partial charge in [-0.25, -0.2) is 0 Å².